The largest absolute Gasteiger partial charge is 0.423 e. The van der Waals surface area contributed by atoms with E-state index in [1.807, 2.05) is 49.1 Å². The van der Waals surface area contributed by atoms with Crippen LogP contribution in [0.5, 0.6) is 0 Å². The summed E-state index contributed by atoms with van der Waals surface area (Å²) >= 11 is 1.79. The van der Waals surface area contributed by atoms with Gasteiger partial charge in [-0.25, -0.2) is 0 Å². The Kier molecular flexibility index (Phi) is 6.53. The van der Waals surface area contributed by atoms with Gasteiger partial charge in [0.05, 0.1) is 0 Å². The number of hydrogen-bond acceptors (Lipinski definition) is 6. The first kappa shape index (κ1) is 21.7. The molecule has 0 aliphatic carbocycles. The van der Waals surface area contributed by atoms with Gasteiger partial charge in [0.25, 0.3) is 0 Å². The molecule has 0 saturated carbocycles. The zero-order valence-corrected chi connectivity index (χ0v) is 19.3. The lowest BCUT2D eigenvalue weighted by molar-refractivity contribution is -0.120. The normalized spacial score (nSPS) is 17.4. The summed E-state index contributed by atoms with van der Waals surface area (Å²) in [7, 11) is 0. The number of amides is 1. The summed E-state index contributed by atoms with van der Waals surface area (Å²) < 4.78 is 6.11. The first-order chi connectivity index (χ1) is 15.1. The predicted octanol–water partition coefficient (Wildman–Crippen LogP) is 5.19. The predicted molar refractivity (Wildman–Crippen MR) is 123 cm³/mol. The number of aromatic nitrogens is 2. The van der Waals surface area contributed by atoms with E-state index in [1.54, 1.807) is 11.3 Å². The van der Waals surface area contributed by atoms with Crippen molar-refractivity contribution in [2.45, 2.75) is 58.0 Å². The highest BCUT2D eigenvalue weighted by Gasteiger charge is 2.48. The Morgan fingerprint density at radius 1 is 1.16 bits per heavy atom. The lowest BCUT2D eigenvalue weighted by Gasteiger charge is -2.47. The number of piperidine rings is 1. The van der Waals surface area contributed by atoms with Crippen LogP contribution in [-0.2, 0) is 16.8 Å². The third-order valence-electron chi connectivity index (χ3n) is 6.29. The highest BCUT2D eigenvalue weighted by Crippen LogP contribution is 2.43. The Morgan fingerprint density at radius 2 is 1.90 bits per heavy atom. The Balaban J connectivity index is 1.72. The third kappa shape index (κ3) is 4.16. The van der Waals surface area contributed by atoms with E-state index in [4.69, 9.17) is 4.42 Å². The molecule has 3 heterocycles. The number of rotatable bonds is 7. The number of thiophene rings is 1. The van der Waals surface area contributed by atoms with Gasteiger partial charge in [-0.15, -0.1) is 21.5 Å². The van der Waals surface area contributed by atoms with Gasteiger partial charge in [-0.2, -0.15) is 0 Å². The van der Waals surface area contributed by atoms with E-state index in [0.29, 0.717) is 30.7 Å². The molecule has 0 spiro atoms. The standard InChI is InChI=1S/C24H30N4O2S/c1-4-21-25-26-23(30-21)24(28(22(29)5-2)19-10-7-6-8-11-19)13-15-27(16-14-24)18(3)20-12-9-17-31-20/h6-12,17-18H,4-5,13-16H2,1-3H3. The van der Waals surface area contributed by atoms with Crippen molar-refractivity contribution >= 4 is 22.9 Å². The zero-order valence-electron chi connectivity index (χ0n) is 18.5. The highest BCUT2D eigenvalue weighted by atomic mass is 32.1. The maximum absolute atomic E-state index is 13.3. The number of carbonyl (C=O) groups is 1. The maximum Gasteiger partial charge on any atom is 0.242 e. The molecule has 1 atom stereocenters. The molecule has 0 radical (unpaired) electrons. The number of benzene rings is 1. The fourth-order valence-corrected chi connectivity index (χ4v) is 5.29. The summed E-state index contributed by atoms with van der Waals surface area (Å²) in [5.41, 5.74) is 0.242. The molecule has 0 N–H and O–H groups in total. The van der Waals surface area contributed by atoms with Gasteiger partial charge in [0.15, 0.2) is 0 Å². The summed E-state index contributed by atoms with van der Waals surface area (Å²) in [6, 6.07) is 14.5. The van der Waals surface area contributed by atoms with Crippen LogP contribution >= 0.6 is 11.3 Å². The number of nitrogens with zero attached hydrogens (tertiary/aromatic N) is 4. The van der Waals surface area contributed by atoms with E-state index in [2.05, 4.69) is 39.5 Å². The summed E-state index contributed by atoms with van der Waals surface area (Å²) in [5, 5.41) is 10.8. The van der Waals surface area contributed by atoms with Crippen LogP contribution in [0.4, 0.5) is 5.69 Å². The first-order valence-electron chi connectivity index (χ1n) is 11.1. The van der Waals surface area contributed by atoms with Gasteiger partial charge in [0.2, 0.25) is 17.7 Å². The first-order valence-corrected chi connectivity index (χ1v) is 12.0. The van der Waals surface area contributed by atoms with Crippen LogP contribution in [0.15, 0.2) is 52.3 Å². The second kappa shape index (κ2) is 9.32. The molecular weight excluding hydrogens is 408 g/mol. The van der Waals surface area contributed by atoms with Gasteiger partial charge in [-0.3, -0.25) is 14.6 Å². The molecule has 1 fully saturated rings. The average Bonchev–Trinajstić information content (AvgIpc) is 3.52. The van der Waals surface area contributed by atoms with Crippen molar-refractivity contribution in [2.75, 3.05) is 18.0 Å². The molecule has 4 rings (SSSR count). The van der Waals surface area contributed by atoms with E-state index >= 15 is 0 Å². The zero-order chi connectivity index (χ0) is 21.8. The molecule has 164 valence electrons. The number of hydrogen-bond donors (Lipinski definition) is 0. The molecule has 1 unspecified atom stereocenters. The maximum atomic E-state index is 13.3. The SMILES string of the molecule is CCC(=O)N(c1ccccc1)C1(c2nnc(CC)o2)CCN(C(C)c2cccs2)CC1. The van der Waals surface area contributed by atoms with E-state index in [-0.39, 0.29) is 5.91 Å². The Bertz CT molecular complexity index is 978. The summed E-state index contributed by atoms with van der Waals surface area (Å²) in [6.07, 6.45) is 2.59. The second-order valence-electron chi connectivity index (χ2n) is 8.03. The van der Waals surface area contributed by atoms with Crippen LogP contribution in [0.1, 0.15) is 62.7 Å². The molecular formula is C24H30N4O2S. The van der Waals surface area contributed by atoms with Crippen LogP contribution in [-0.4, -0.2) is 34.1 Å². The fourth-order valence-electron chi connectivity index (χ4n) is 4.47. The molecule has 3 aromatic rings. The van der Waals surface area contributed by atoms with Crippen LogP contribution in [0, 0.1) is 0 Å². The van der Waals surface area contributed by atoms with Crippen molar-refractivity contribution in [2.24, 2.45) is 0 Å². The average molecular weight is 439 g/mol. The summed E-state index contributed by atoms with van der Waals surface area (Å²) in [4.78, 5) is 19.1. The van der Waals surface area contributed by atoms with Gasteiger partial charge >= 0.3 is 0 Å². The van der Waals surface area contributed by atoms with Crippen LogP contribution < -0.4 is 4.90 Å². The lowest BCUT2D eigenvalue weighted by Crippen LogP contribution is -2.56. The van der Waals surface area contributed by atoms with Crippen molar-refractivity contribution in [1.82, 2.24) is 15.1 Å². The quantitative estimate of drug-likeness (QED) is 0.508. The number of anilines is 1. The molecule has 0 bridgehead atoms. The molecule has 31 heavy (non-hydrogen) atoms. The van der Waals surface area contributed by atoms with Crippen LogP contribution in [0.3, 0.4) is 0 Å². The van der Waals surface area contributed by atoms with Crippen molar-refractivity contribution in [1.29, 1.82) is 0 Å². The highest BCUT2D eigenvalue weighted by molar-refractivity contribution is 7.10. The fraction of sp³-hybridized carbons (Fsp3) is 0.458. The molecule has 1 aliphatic heterocycles. The Hall–Kier alpha value is -2.51. The van der Waals surface area contributed by atoms with Gasteiger partial charge in [0.1, 0.15) is 5.54 Å². The molecule has 7 heteroatoms. The van der Waals surface area contributed by atoms with Crippen molar-refractivity contribution in [3.8, 4) is 0 Å². The monoisotopic (exact) mass is 438 g/mol. The summed E-state index contributed by atoms with van der Waals surface area (Å²) in [5.74, 6) is 1.24. The third-order valence-corrected chi connectivity index (χ3v) is 7.33. The van der Waals surface area contributed by atoms with Crippen LogP contribution in [0.25, 0.3) is 0 Å². The van der Waals surface area contributed by atoms with E-state index in [1.165, 1.54) is 4.88 Å². The van der Waals surface area contributed by atoms with Crippen molar-refractivity contribution in [3.63, 3.8) is 0 Å². The van der Waals surface area contributed by atoms with E-state index in [9.17, 15) is 4.79 Å². The lowest BCUT2D eigenvalue weighted by atomic mass is 9.83. The summed E-state index contributed by atoms with van der Waals surface area (Å²) in [6.45, 7) is 7.87. The van der Waals surface area contributed by atoms with Gasteiger partial charge < -0.3 is 4.42 Å². The molecule has 1 amide bonds. The van der Waals surface area contributed by atoms with Gasteiger partial charge in [-0.05, 0) is 43.3 Å². The Morgan fingerprint density at radius 3 is 2.48 bits per heavy atom. The molecule has 1 aliphatic rings. The number of carbonyl (C=O) groups excluding carboxylic acids is 1. The van der Waals surface area contributed by atoms with Crippen LogP contribution in [0.2, 0.25) is 0 Å². The van der Waals surface area contributed by atoms with Gasteiger partial charge in [-0.1, -0.05) is 38.1 Å². The molecule has 2 aromatic heterocycles. The van der Waals surface area contributed by atoms with E-state index in [0.717, 1.165) is 31.6 Å². The molecule has 6 nitrogen and oxygen atoms in total. The van der Waals surface area contributed by atoms with Gasteiger partial charge in [0, 0.05) is 42.5 Å². The van der Waals surface area contributed by atoms with Crippen molar-refractivity contribution < 1.29 is 9.21 Å². The smallest absolute Gasteiger partial charge is 0.242 e. The Labute approximate surface area is 187 Å². The number of para-hydroxylation sites is 1. The van der Waals surface area contributed by atoms with Crippen molar-refractivity contribution in [3.05, 3.63) is 64.5 Å². The van der Waals surface area contributed by atoms with E-state index < -0.39 is 5.54 Å². The second-order valence-corrected chi connectivity index (χ2v) is 9.01. The molecule has 1 saturated heterocycles. The number of likely N-dealkylation sites (tertiary alicyclic amines) is 1. The minimum Gasteiger partial charge on any atom is -0.423 e. The minimum atomic E-state index is -0.638. The minimum absolute atomic E-state index is 0.0715. The number of aryl methyl sites for hydroxylation is 1. The topological polar surface area (TPSA) is 62.5 Å². The molecule has 1 aromatic carbocycles.